The first-order valence-electron chi connectivity index (χ1n) is 3.96. The van der Waals surface area contributed by atoms with Gasteiger partial charge in [-0.3, -0.25) is 4.99 Å². The van der Waals surface area contributed by atoms with E-state index in [0.717, 1.165) is 0 Å². The molecule has 1 aromatic rings. The molecule has 0 aromatic heterocycles. The van der Waals surface area contributed by atoms with Gasteiger partial charge in [-0.1, -0.05) is 0 Å². The molecule has 0 aliphatic carbocycles. The number of aromatic hydroxyl groups is 2. The molecule has 1 aromatic carbocycles. The molecule has 0 radical (unpaired) electrons. The van der Waals surface area contributed by atoms with Gasteiger partial charge in [-0.2, -0.15) is 0 Å². The van der Waals surface area contributed by atoms with Gasteiger partial charge in [0.15, 0.2) is 0 Å². The zero-order valence-electron chi connectivity index (χ0n) is 7.50. The molecule has 0 aliphatic heterocycles. The second-order valence-electron chi connectivity index (χ2n) is 2.57. The van der Waals surface area contributed by atoms with Gasteiger partial charge < -0.3 is 15.9 Å². The van der Waals surface area contributed by atoms with Crippen LogP contribution in [0.2, 0.25) is 0 Å². The maximum atomic E-state index is 9.30. The molecule has 0 bridgehead atoms. The van der Waals surface area contributed by atoms with Crippen molar-refractivity contribution >= 4 is 6.21 Å². The summed E-state index contributed by atoms with van der Waals surface area (Å²) >= 11 is 0. The smallest absolute Gasteiger partial charge is 0.124 e. The normalized spacial score (nSPS) is 10.1. The number of phenols is 2. The molecule has 0 spiro atoms. The van der Waals surface area contributed by atoms with Gasteiger partial charge in [-0.15, -0.1) is 0 Å². The van der Waals surface area contributed by atoms with Crippen molar-refractivity contribution in [3.8, 4) is 11.5 Å². The minimum atomic E-state index is 0. The molecule has 78 valence electrons. The first-order chi connectivity index (χ1) is 6.24. The van der Waals surface area contributed by atoms with E-state index in [9.17, 15) is 5.11 Å². The maximum absolute atomic E-state index is 9.30. The number of phenolic OH excluding ortho intramolecular Hbond substituents is 2. The Balaban J connectivity index is 0.00000169. The third-order valence-corrected chi connectivity index (χ3v) is 1.50. The molecule has 0 aliphatic rings. The predicted molar refractivity (Wildman–Crippen MR) is 51.3 cm³/mol. The van der Waals surface area contributed by atoms with Gasteiger partial charge in [0.25, 0.3) is 0 Å². The van der Waals surface area contributed by atoms with Crippen LogP contribution in [0.4, 0.5) is 0 Å². The Morgan fingerprint density at radius 3 is 2.71 bits per heavy atom. The number of rotatable bonds is 3. The summed E-state index contributed by atoms with van der Waals surface area (Å²) in [6.45, 7) is 0.977. The second-order valence-corrected chi connectivity index (χ2v) is 2.57. The summed E-state index contributed by atoms with van der Waals surface area (Å²) in [5, 5.41) is 18.4. The van der Waals surface area contributed by atoms with Gasteiger partial charge in [0.05, 0.1) is 6.54 Å². The van der Waals surface area contributed by atoms with E-state index < -0.39 is 0 Å². The average molecular weight is 236 g/mol. The molecule has 0 heterocycles. The Bertz CT molecular complexity index is 316. The predicted octanol–water partition coefficient (Wildman–Crippen LogP) is 0.473. The Kier molecular flexibility index (Phi) is 5.95. The molecule has 0 amide bonds. The van der Waals surface area contributed by atoms with Crippen molar-refractivity contribution in [3.05, 3.63) is 23.8 Å². The van der Waals surface area contributed by atoms with E-state index in [1.54, 1.807) is 0 Å². The SMILES string of the molecule is NCCN=Cc1cc(O)ccc1O.[Fe]. The van der Waals surface area contributed by atoms with Crippen LogP contribution in [0.1, 0.15) is 5.56 Å². The standard InChI is InChI=1S/C9H12N2O2.Fe/c10-3-4-11-6-7-5-8(12)1-2-9(7)13;/h1-2,5-6,12-13H,3-4,10H2;. The van der Waals surface area contributed by atoms with E-state index in [4.69, 9.17) is 10.8 Å². The molecule has 0 saturated carbocycles. The summed E-state index contributed by atoms with van der Waals surface area (Å²) in [5.41, 5.74) is 5.73. The van der Waals surface area contributed by atoms with Gasteiger partial charge in [0, 0.05) is 35.4 Å². The molecule has 0 saturated heterocycles. The molecule has 4 nitrogen and oxygen atoms in total. The van der Waals surface area contributed by atoms with E-state index in [0.29, 0.717) is 18.7 Å². The quantitative estimate of drug-likeness (QED) is 0.405. The van der Waals surface area contributed by atoms with Gasteiger partial charge in [0.2, 0.25) is 0 Å². The molecule has 14 heavy (non-hydrogen) atoms. The summed E-state index contributed by atoms with van der Waals surface area (Å²) in [7, 11) is 0. The monoisotopic (exact) mass is 236 g/mol. The first kappa shape index (κ1) is 13.0. The van der Waals surface area contributed by atoms with Gasteiger partial charge in [-0.25, -0.2) is 0 Å². The van der Waals surface area contributed by atoms with Crippen LogP contribution >= 0.6 is 0 Å². The number of nitrogens with zero attached hydrogens (tertiary/aromatic N) is 1. The van der Waals surface area contributed by atoms with Crippen LogP contribution in [0.3, 0.4) is 0 Å². The van der Waals surface area contributed by atoms with E-state index >= 15 is 0 Å². The molecular formula is C9H12FeN2O2. The number of hydrogen-bond donors (Lipinski definition) is 3. The first-order valence-corrected chi connectivity index (χ1v) is 3.96. The Morgan fingerprint density at radius 1 is 1.36 bits per heavy atom. The fourth-order valence-corrected chi connectivity index (χ4v) is 0.883. The second kappa shape index (κ2) is 6.43. The number of aliphatic imine (C=N–C) groups is 1. The molecular weight excluding hydrogens is 224 g/mol. The largest absolute Gasteiger partial charge is 0.508 e. The van der Waals surface area contributed by atoms with Crippen LogP contribution in [0.5, 0.6) is 11.5 Å². The number of nitrogens with two attached hydrogens (primary N) is 1. The fourth-order valence-electron chi connectivity index (χ4n) is 0.883. The summed E-state index contributed by atoms with van der Waals surface area (Å²) in [4.78, 5) is 3.94. The van der Waals surface area contributed by atoms with E-state index in [2.05, 4.69) is 4.99 Å². The molecule has 1 rings (SSSR count). The van der Waals surface area contributed by atoms with Crippen molar-refractivity contribution < 1.29 is 27.3 Å². The third-order valence-electron chi connectivity index (χ3n) is 1.50. The number of hydrogen-bond acceptors (Lipinski definition) is 4. The average Bonchev–Trinajstić information content (AvgIpc) is 2.11. The van der Waals surface area contributed by atoms with Crippen LogP contribution < -0.4 is 5.73 Å². The van der Waals surface area contributed by atoms with E-state index in [-0.39, 0.29) is 28.6 Å². The van der Waals surface area contributed by atoms with Crippen molar-refractivity contribution in [2.75, 3.05) is 13.1 Å². The zero-order chi connectivity index (χ0) is 9.68. The van der Waals surface area contributed by atoms with Crippen LogP contribution in [0.25, 0.3) is 0 Å². The molecule has 4 N–H and O–H groups in total. The molecule has 0 unspecified atom stereocenters. The van der Waals surface area contributed by atoms with Crippen molar-refractivity contribution in [2.24, 2.45) is 10.7 Å². The topological polar surface area (TPSA) is 78.8 Å². The molecule has 0 fully saturated rings. The summed E-state index contributed by atoms with van der Waals surface area (Å²) in [6, 6.07) is 4.27. The summed E-state index contributed by atoms with van der Waals surface area (Å²) in [6.07, 6.45) is 1.49. The van der Waals surface area contributed by atoms with Crippen molar-refractivity contribution in [2.45, 2.75) is 0 Å². The maximum Gasteiger partial charge on any atom is 0.124 e. The Morgan fingerprint density at radius 2 is 2.07 bits per heavy atom. The minimum Gasteiger partial charge on any atom is -0.508 e. The third kappa shape index (κ3) is 3.79. The molecule has 0 atom stereocenters. The van der Waals surface area contributed by atoms with Gasteiger partial charge >= 0.3 is 0 Å². The van der Waals surface area contributed by atoms with E-state index in [1.807, 2.05) is 0 Å². The van der Waals surface area contributed by atoms with Crippen LogP contribution in [0.15, 0.2) is 23.2 Å². The Labute approximate surface area is 92.9 Å². The van der Waals surface area contributed by atoms with Crippen molar-refractivity contribution in [1.82, 2.24) is 0 Å². The van der Waals surface area contributed by atoms with Crippen molar-refractivity contribution in [1.29, 1.82) is 0 Å². The van der Waals surface area contributed by atoms with Crippen LogP contribution in [-0.2, 0) is 17.1 Å². The number of benzene rings is 1. The zero-order valence-corrected chi connectivity index (χ0v) is 8.60. The molecule has 5 heteroatoms. The van der Waals surface area contributed by atoms with Crippen LogP contribution in [-0.4, -0.2) is 29.5 Å². The summed E-state index contributed by atoms with van der Waals surface area (Å²) in [5.74, 6) is 0.200. The van der Waals surface area contributed by atoms with Crippen molar-refractivity contribution in [3.63, 3.8) is 0 Å². The van der Waals surface area contributed by atoms with Crippen LogP contribution in [0, 0.1) is 0 Å². The van der Waals surface area contributed by atoms with E-state index in [1.165, 1.54) is 24.4 Å². The van der Waals surface area contributed by atoms with Gasteiger partial charge in [-0.05, 0) is 18.2 Å². The van der Waals surface area contributed by atoms with Gasteiger partial charge in [0.1, 0.15) is 11.5 Å². The fraction of sp³-hybridized carbons (Fsp3) is 0.222. The minimum absolute atomic E-state index is 0. The summed E-state index contributed by atoms with van der Waals surface area (Å²) < 4.78 is 0. The Hall–Kier alpha value is -1.03.